The van der Waals surface area contributed by atoms with E-state index in [9.17, 15) is 0 Å². The van der Waals surface area contributed by atoms with Crippen LogP contribution in [0.5, 0.6) is 0 Å². The van der Waals surface area contributed by atoms with Crippen molar-refractivity contribution in [2.24, 2.45) is 5.73 Å². The fourth-order valence-corrected chi connectivity index (χ4v) is 0.706. The molecule has 2 nitrogen and oxygen atoms in total. The summed E-state index contributed by atoms with van der Waals surface area (Å²) in [6, 6.07) is 0. The van der Waals surface area contributed by atoms with E-state index < -0.39 is 0 Å². The van der Waals surface area contributed by atoms with Crippen molar-refractivity contribution in [3.8, 4) is 0 Å². The van der Waals surface area contributed by atoms with Crippen LogP contribution in [0.3, 0.4) is 0 Å². The normalized spacial score (nSPS) is 11.8. The maximum Gasteiger partial charge on any atom is 0.0431 e. The van der Waals surface area contributed by atoms with Crippen LogP contribution in [0.25, 0.3) is 0 Å². The smallest absolute Gasteiger partial charge is 0.0431 e. The van der Waals surface area contributed by atoms with Gasteiger partial charge >= 0.3 is 0 Å². The Morgan fingerprint density at radius 2 is 1.82 bits per heavy atom. The molecule has 0 atom stereocenters. The second kappa shape index (κ2) is 9.40. The van der Waals surface area contributed by atoms with Crippen molar-refractivity contribution < 1.29 is 5.11 Å². The zero-order chi connectivity index (χ0) is 8.36. The molecule has 3 N–H and O–H groups in total. The van der Waals surface area contributed by atoms with Gasteiger partial charge in [0.25, 0.3) is 0 Å². The molecule has 0 spiro atoms. The van der Waals surface area contributed by atoms with E-state index >= 15 is 0 Å². The minimum atomic E-state index is 0.298. The topological polar surface area (TPSA) is 46.2 Å². The largest absolute Gasteiger partial charge is 0.396 e. The van der Waals surface area contributed by atoms with Crippen molar-refractivity contribution in [2.45, 2.75) is 19.3 Å². The Labute approximate surface area is 68.4 Å². The fourth-order valence-electron chi connectivity index (χ4n) is 0.706. The van der Waals surface area contributed by atoms with Crippen molar-refractivity contribution in [1.82, 2.24) is 0 Å². The van der Waals surface area contributed by atoms with E-state index in [1.807, 2.05) is 18.2 Å². The van der Waals surface area contributed by atoms with Crippen LogP contribution in [-0.4, -0.2) is 18.3 Å². The Kier molecular flexibility index (Phi) is 8.89. The predicted molar refractivity (Wildman–Crippen MR) is 48.3 cm³/mol. The Bertz CT molecular complexity index is 119. The van der Waals surface area contributed by atoms with Gasteiger partial charge in [0.05, 0.1) is 0 Å². The third kappa shape index (κ3) is 9.40. The molecule has 0 amide bonds. The third-order valence-corrected chi connectivity index (χ3v) is 1.30. The van der Waals surface area contributed by atoms with Gasteiger partial charge in [-0.15, -0.1) is 0 Å². The maximum atomic E-state index is 8.45. The summed E-state index contributed by atoms with van der Waals surface area (Å²) in [5.74, 6) is 0. The molecule has 0 fully saturated rings. The first-order chi connectivity index (χ1) is 5.41. The Hall–Kier alpha value is -0.600. The van der Waals surface area contributed by atoms with E-state index in [2.05, 4.69) is 6.08 Å². The van der Waals surface area contributed by atoms with Gasteiger partial charge < -0.3 is 10.8 Å². The molecular formula is C9H17NO. The standard InChI is InChI=1S/C9H17NO/c10-8-6-4-2-1-3-5-7-9-11/h1-2,4,6,11H,3,5,7-10H2/b2-1+,6-4-. The maximum absolute atomic E-state index is 8.45. The predicted octanol–water partition coefficient (Wildman–Crippen LogP) is 1.22. The summed E-state index contributed by atoms with van der Waals surface area (Å²) in [6.45, 7) is 0.896. The van der Waals surface area contributed by atoms with Crippen LogP contribution in [0, 0.1) is 0 Å². The highest BCUT2D eigenvalue weighted by Crippen LogP contribution is 1.94. The Morgan fingerprint density at radius 1 is 1.09 bits per heavy atom. The van der Waals surface area contributed by atoms with E-state index in [0.717, 1.165) is 19.3 Å². The fraction of sp³-hybridized carbons (Fsp3) is 0.556. The summed E-state index contributed by atoms with van der Waals surface area (Å²) >= 11 is 0. The molecule has 0 aliphatic heterocycles. The Balaban J connectivity index is 3.09. The molecule has 0 aromatic rings. The molecule has 0 heterocycles. The first-order valence-electron chi connectivity index (χ1n) is 4.04. The van der Waals surface area contributed by atoms with Crippen LogP contribution in [0.4, 0.5) is 0 Å². The molecule has 0 saturated carbocycles. The van der Waals surface area contributed by atoms with Crippen molar-refractivity contribution in [3.05, 3.63) is 24.3 Å². The van der Waals surface area contributed by atoms with Gasteiger partial charge in [-0.25, -0.2) is 0 Å². The average molecular weight is 155 g/mol. The van der Waals surface area contributed by atoms with E-state index in [1.165, 1.54) is 0 Å². The molecule has 0 radical (unpaired) electrons. The number of nitrogens with two attached hydrogens (primary N) is 1. The molecule has 0 aromatic carbocycles. The third-order valence-electron chi connectivity index (χ3n) is 1.30. The first-order valence-corrected chi connectivity index (χ1v) is 4.04. The molecule has 0 aromatic heterocycles. The van der Waals surface area contributed by atoms with Gasteiger partial charge in [0.2, 0.25) is 0 Å². The van der Waals surface area contributed by atoms with Gasteiger partial charge in [-0.1, -0.05) is 24.3 Å². The molecule has 64 valence electrons. The quantitative estimate of drug-likeness (QED) is 0.447. The summed E-state index contributed by atoms with van der Waals surface area (Å²) < 4.78 is 0. The SMILES string of the molecule is NC/C=C\C=C\CCCCO. The average Bonchev–Trinajstić information content (AvgIpc) is 2.03. The summed E-state index contributed by atoms with van der Waals surface area (Å²) in [6.07, 6.45) is 10.9. The highest BCUT2D eigenvalue weighted by Gasteiger charge is 1.80. The molecule has 0 saturated heterocycles. The minimum Gasteiger partial charge on any atom is -0.396 e. The van der Waals surface area contributed by atoms with E-state index in [1.54, 1.807) is 0 Å². The first kappa shape index (κ1) is 10.4. The lowest BCUT2D eigenvalue weighted by molar-refractivity contribution is 0.285. The van der Waals surface area contributed by atoms with Crippen LogP contribution < -0.4 is 5.73 Å². The second-order valence-electron chi connectivity index (χ2n) is 2.31. The molecule has 0 rings (SSSR count). The number of rotatable bonds is 6. The van der Waals surface area contributed by atoms with E-state index in [-0.39, 0.29) is 0 Å². The van der Waals surface area contributed by atoms with Gasteiger partial charge in [-0.3, -0.25) is 0 Å². The van der Waals surface area contributed by atoms with Crippen LogP contribution in [-0.2, 0) is 0 Å². The lowest BCUT2D eigenvalue weighted by Gasteiger charge is -1.89. The second-order valence-corrected chi connectivity index (χ2v) is 2.31. The van der Waals surface area contributed by atoms with Crippen LogP contribution in [0.15, 0.2) is 24.3 Å². The molecular weight excluding hydrogens is 138 g/mol. The van der Waals surface area contributed by atoms with Crippen molar-refractivity contribution in [2.75, 3.05) is 13.2 Å². The molecule has 0 aliphatic rings. The minimum absolute atomic E-state index is 0.298. The van der Waals surface area contributed by atoms with Gasteiger partial charge in [0, 0.05) is 13.2 Å². The van der Waals surface area contributed by atoms with E-state index in [4.69, 9.17) is 10.8 Å². The summed E-state index contributed by atoms with van der Waals surface area (Å²) in [5.41, 5.74) is 5.24. The Morgan fingerprint density at radius 3 is 2.45 bits per heavy atom. The van der Waals surface area contributed by atoms with Gasteiger partial charge in [-0.05, 0) is 19.3 Å². The highest BCUT2D eigenvalue weighted by molar-refractivity contribution is 5.02. The van der Waals surface area contributed by atoms with Crippen molar-refractivity contribution in [3.63, 3.8) is 0 Å². The van der Waals surface area contributed by atoms with Gasteiger partial charge in [-0.2, -0.15) is 0 Å². The van der Waals surface area contributed by atoms with Crippen LogP contribution in [0.1, 0.15) is 19.3 Å². The monoisotopic (exact) mass is 155 g/mol. The number of allylic oxidation sites excluding steroid dienone is 3. The lowest BCUT2D eigenvalue weighted by atomic mass is 10.2. The summed E-state index contributed by atoms with van der Waals surface area (Å²) in [5, 5.41) is 8.45. The van der Waals surface area contributed by atoms with Crippen LogP contribution in [0.2, 0.25) is 0 Å². The molecule has 0 unspecified atom stereocenters. The number of hydrogen-bond acceptors (Lipinski definition) is 2. The van der Waals surface area contributed by atoms with Crippen LogP contribution >= 0.6 is 0 Å². The van der Waals surface area contributed by atoms with Crippen molar-refractivity contribution >= 4 is 0 Å². The van der Waals surface area contributed by atoms with Crippen molar-refractivity contribution in [1.29, 1.82) is 0 Å². The summed E-state index contributed by atoms with van der Waals surface area (Å²) in [4.78, 5) is 0. The molecule has 0 bridgehead atoms. The number of unbranched alkanes of at least 4 members (excludes halogenated alkanes) is 2. The number of aliphatic hydroxyl groups is 1. The molecule has 2 heteroatoms. The zero-order valence-electron chi connectivity index (χ0n) is 6.87. The molecule has 11 heavy (non-hydrogen) atoms. The number of aliphatic hydroxyl groups excluding tert-OH is 1. The lowest BCUT2D eigenvalue weighted by Crippen LogP contribution is -1.91. The summed E-state index contributed by atoms with van der Waals surface area (Å²) in [7, 11) is 0. The van der Waals surface area contributed by atoms with E-state index in [0.29, 0.717) is 13.2 Å². The highest BCUT2D eigenvalue weighted by atomic mass is 16.2. The van der Waals surface area contributed by atoms with Gasteiger partial charge in [0.15, 0.2) is 0 Å². The number of hydrogen-bond donors (Lipinski definition) is 2. The molecule has 0 aliphatic carbocycles. The zero-order valence-corrected chi connectivity index (χ0v) is 6.87. The van der Waals surface area contributed by atoms with Gasteiger partial charge in [0.1, 0.15) is 0 Å².